The number of imidazole rings is 1. The first-order chi connectivity index (χ1) is 15.7. The highest BCUT2D eigenvalue weighted by Crippen LogP contribution is 2.31. The summed E-state index contributed by atoms with van der Waals surface area (Å²) in [7, 11) is 0. The van der Waals surface area contributed by atoms with Crippen molar-refractivity contribution in [2.45, 2.75) is 6.54 Å². The van der Waals surface area contributed by atoms with Gasteiger partial charge in [0.05, 0.1) is 42.8 Å². The third-order valence-corrected chi connectivity index (χ3v) is 6.20. The summed E-state index contributed by atoms with van der Waals surface area (Å²) in [6, 6.07) is 12.0. The van der Waals surface area contributed by atoms with E-state index in [4.69, 9.17) is 9.73 Å². The van der Waals surface area contributed by atoms with E-state index in [0.717, 1.165) is 79.9 Å². The van der Waals surface area contributed by atoms with Crippen LogP contribution in [-0.4, -0.2) is 70.8 Å². The fourth-order valence-corrected chi connectivity index (χ4v) is 4.53. The molecule has 0 bridgehead atoms. The predicted octanol–water partition coefficient (Wildman–Crippen LogP) is 2.61. The first-order valence-corrected chi connectivity index (χ1v) is 11.0. The Kier molecular flexibility index (Phi) is 4.74. The molecule has 3 aliphatic rings. The summed E-state index contributed by atoms with van der Waals surface area (Å²) in [5.41, 5.74) is 5.64. The van der Waals surface area contributed by atoms with Gasteiger partial charge < -0.3 is 19.9 Å². The number of aromatic amines is 1. The average Bonchev–Trinajstić information content (AvgIpc) is 3.49. The Bertz CT molecular complexity index is 1250. The highest BCUT2D eigenvalue weighted by Gasteiger charge is 2.30. The molecule has 2 N–H and O–H groups in total. The maximum atomic E-state index is 13.1. The summed E-state index contributed by atoms with van der Waals surface area (Å²) < 4.78 is 5.46. The Morgan fingerprint density at radius 1 is 1.12 bits per heavy atom. The van der Waals surface area contributed by atoms with Crippen molar-refractivity contribution in [3.63, 3.8) is 0 Å². The standard InChI is InChI=1S/C24H24N6O2/c31-22(17-2-4-19-21(12-17)27-15-26-19)13-23-28-20-11-16(14-29-7-9-32-10-8-29)1-3-18(20)24-25-5-6-30(23)24/h1-4,11-13,15,28H,5-10,14H2,(H,26,27). The molecule has 162 valence electrons. The Labute approximate surface area is 185 Å². The minimum absolute atomic E-state index is 0.0526. The number of carbonyl (C=O) groups excluding carboxylic acids is 1. The normalized spacial score (nSPS) is 19.6. The van der Waals surface area contributed by atoms with Crippen LogP contribution in [0, 0.1) is 0 Å². The number of ketones is 1. The second-order valence-electron chi connectivity index (χ2n) is 8.28. The third-order valence-electron chi connectivity index (χ3n) is 6.20. The van der Waals surface area contributed by atoms with E-state index in [9.17, 15) is 4.79 Å². The molecular weight excluding hydrogens is 404 g/mol. The van der Waals surface area contributed by atoms with Crippen LogP contribution in [0.15, 0.2) is 59.6 Å². The number of nitrogens with one attached hydrogen (secondary N) is 2. The maximum absolute atomic E-state index is 13.1. The summed E-state index contributed by atoms with van der Waals surface area (Å²) in [6.45, 7) is 5.84. The van der Waals surface area contributed by atoms with Gasteiger partial charge in [-0.1, -0.05) is 6.07 Å². The van der Waals surface area contributed by atoms with Crippen LogP contribution in [0.4, 0.5) is 5.69 Å². The van der Waals surface area contributed by atoms with Crippen LogP contribution in [0.2, 0.25) is 0 Å². The quantitative estimate of drug-likeness (QED) is 0.491. The van der Waals surface area contributed by atoms with Gasteiger partial charge in [-0.25, -0.2) is 4.98 Å². The number of aliphatic imine (C=N–C) groups is 1. The lowest BCUT2D eigenvalue weighted by atomic mass is 10.0. The third kappa shape index (κ3) is 3.47. The number of nitrogens with zero attached hydrogens (tertiary/aromatic N) is 4. The zero-order chi connectivity index (χ0) is 21.5. The molecule has 4 heterocycles. The molecule has 0 radical (unpaired) electrons. The zero-order valence-electron chi connectivity index (χ0n) is 17.7. The highest BCUT2D eigenvalue weighted by atomic mass is 16.5. The predicted molar refractivity (Wildman–Crippen MR) is 123 cm³/mol. The molecule has 1 fully saturated rings. The van der Waals surface area contributed by atoms with Crippen molar-refractivity contribution in [1.82, 2.24) is 19.8 Å². The Hall–Kier alpha value is -3.49. The number of morpholine rings is 1. The van der Waals surface area contributed by atoms with E-state index in [1.54, 1.807) is 12.4 Å². The van der Waals surface area contributed by atoms with Gasteiger partial charge in [0.2, 0.25) is 0 Å². The number of hydrogen-bond acceptors (Lipinski definition) is 7. The van der Waals surface area contributed by atoms with Crippen LogP contribution >= 0.6 is 0 Å². The Balaban J connectivity index is 1.30. The van der Waals surface area contributed by atoms with Gasteiger partial charge in [-0.15, -0.1) is 0 Å². The summed E-state index contributed by atoms with van der Waals surface area (Å²) in [5.74, 6) is 1.65. The summed E-state index contributed by atoms with van der Waals surface area (Å²) in [4.78, 5) is 29.6. The first-order valence-electron chi connectivity index (χ1n) is 11.0. The number of H-pyrrole nitrogens is 1. The lowest BCUT2D eigenvalue weighted by molar-refractivity contribution is 0.0342. The molecule has 0 unspecified atom stereocenters. The van der Waals surface area contributed by atoms with Crippen molar-refractivity contribution in [3.8, 4) is 0 Å². The highest BCUT2D eigenvalue weighted by molar-refractivity contribution is 6.11. The van der Waals surface area contributed by atoms with Crippen molar-refractivity contribution < 1.29 is 9.53 Å². The smallest absolute Gasteiger partial charge is 0.189 e. The van der Waals surface area contributed by atoms with Crippen molar-refractivity contribution in [3.05, 3.63) is 71.3 Å². The van der Waals surface area contributed by atoms with Crippen molar-refractivity contribution >= 4 is 28.3 Å². The van der Waals surface area contributed by atoms with Gasteiger partial charge in [0, 0.05) is 43.4 Å². The number of fused-ring (bicyclic) bond motifs is 4. The molecule has 1 aromatic heterocycles. The number of anilines is 1. The van der Waals surface area contributed by atoms with Crippen molar-refractivity contribution in [1.29, 1.82) is 0 Å². The molecule has 3 aromatic rings. The van der Waals surface area contributed by atoms with E-state index >= 15 is 0 Å². The van der Waals surface area contributed by atoms with Crippen LogP contribution in [0.1, 0.15) is 21.5 Å². The Morgan fingerprint density at radius 2 is 2.03 bits per heavy atom. The number of carbonyl (C=O) groups is 1. The number of rotatable bonds is 4. The van der Waals surface area contributed by atoms with Crippen molar-refractivity contribution in [2.75, 3.05) is 44.7 Å². The number of amidine groups is 1. The molecular formula is C24H24N6O2. The molecule has 8 heteroatoms. The molecule has 2 aromatic carbocycles. The second-order valence-corrected chi connectivity index (χ2v) is 8.28. The second kappa shape index (κ2) is 7.89. The van der Waals surface area contributed by atoms with E-state index in [-0.39, 0.29) is 5.78 Å². The van der Waals surface area contributed by atoms with Crippen LogP contribution in [-0.2, 0) is 11.3 Å². The average molecular weight is 428 g/mol. The fourth-order valence-electron chi connectivity index (χ4n) is 4.53. The molecule has 0 spiro atoms. The fraction of sp³-hybridized carbons (Fsp3) is 0.292. The van der Waals surface area contributed by atoms with E-state index < -0.39 is 0 Å². The van der Waals surface area contributed by atoms with Crippen molar-refractivity contribution in [2.24, 2.45) is 4.99 Å². The van der Waals surface area contributed by atoms with Gasteiger partial charge in [-0.3, -0.25) is 14.7 Å². The van der Waals surface area contributed by atoms with Gasteiger partial charge in [-0.2, -0.15) is 0 Å². The molecule has 0 aliphatic carbocycles. The number of allylic oxidation sites excluding steroid dienone is 1. The summed E-state index contributed by atoms with van der Waals surface area (Å²) in [5, 5.41) is 3.50. The van der Waals surface area contributed by atoms with Crippen LogP contribution in [0.25, 0.3) is 11.0 Å². The number of hydrogen-bond donors (Lipinski definition) is 2. The molecule has 8 nitrogen and oxygen atoms in total. The molecule has 1 saturated heterocycles. The molecule has 32 heavy (non-hydrogen) atoms. The monoisotopic (exact) mass is 428 g/mol. The minimum atomic E-state index is -0.0526. The minimum Gasteiger partial charge on any atom is -0.379 e. The summed E-state index contributed by atoms with van der Waals surface area (Å²) >= 11 is 0. The SMILES string of the molecule is O=C(C=C1Nc2cc(CN3CCOCC3)ccc2C2=NCCN12)c1ccc2nc[nH]c2c1. The zero-order valence-corrected chi connectivity index (χ0v) is 17.7. The lowest BCUT2D eigenvalue weighted by Gasteiger charge is -2.32. The molecule has 0 saturated carbocycles. The largest absolute Gasteiger partial charge is 0.379 e. The maximum Gasteiger partial charge on any atom is 0.189 e. The Morgan fingerprint density at radius 3 is 2.94 bits per heavy atom. The number of aromatic nitrogens is 2. The van der Waals surface area contributed by atoms with E-state index in [0.29, 0.717) is 5.56 Å². The van der Waals surface area contributed by atoms with Crippen LogP contribution in [0.3, 0.4) is 0 Å². The molecule has 0 amide bonds. The van der Waals surface area contributed by atoms with Crippen LogP contribution < -0.4 is 5.32 Å². The van der Waals surface area contributed by atoms with E-state index in [2.05, 4.69) is 43.3 Å². The van der Waals surface area contributed by atoms with Crippen LogP contribution in [0.5, 0.6) is 0 Å². The molecule has 0 atom stereocenters. The molecule has 6 rings (SSSR count). The number of benzene rings is 2. The lowest BCUT2D eigenvalue weighted by Crippen LogP contribution is -2.37. The van der Waals surface area contributed by atoms with Gasteiger partial charge in [0.15, 0.2) is 5.78 Å². The first kappa shape index (κ1) is 19.2. The van der Waals surface area contributed by atoms with Gasteiger partial charge in [0.25, 0.3) is 0 Å². The van der Waals surface area contributed by atoms with Gasteiger partial charge >= 0.3 is 0 Å². The number of ether oxygens (including phenoxy) is 1. The van der Waals surface area contributed by atoms with E-state index in [1.165, 1.54) is 5.56 Å². The summed E-state index contributed by atoms with van der Waals surface area (Å²) in [6.07, 6.45) is 3.31. The van der Waals surface area contributed by atoms with Gasteiger partial charge in [0.1, 0.15) is 11.7 Å². The topological polar surface area (TPSA) is 85.8 Å². The van der Waals surface area contributed by atoms with E-state index in [1.807, 2.05) is 18.2 Å². The molecule has 3 aliphatic heterocycles. The van der Waals surface area contributed by atoms with Gasteiger partial charge in [-0.05, 0) is 35.9 Å².